The molecule has 0 aliphatic carbocycles. The van der Waals surface area contributed by atoms with Crippen LogP contribution in [-0.2, 0) is 0 Å². The number of rotatable bonds is 5. The number of carbonyl (C=O) groups excluding carboxylic acids is 1. The zero-order valence-electron chi connectivity index (χ0n) is 9.25. The first-order valence-electron chi connectivity index (χ1n) is 5.24. The van der Waals surface area contributed by atoms with Crippen molar-refractivity contribution < 1.29 is 9.53 Å². The summed E-state index contributed by atoms with van der Waals surface area (Å²) < 4.78 is 5.44. The fourth-order valence-electron chi connectivity index (χ4n) is 1.28. The largest absolute Gasteiger partial charge is 0.494 e. The first kappa shape index (κ1) is 11.6. The number of nitrogens with two attached hydrogens (primary N) is 1. The van der Waals surface area contributed by atoms with Gasteiger partial charge in [-0.15, -0.1) is 0 Å². The van der Waals surface area contributed by atoms with Crippen LogP contribution in [-0.4, -0.2) is 12.4 Å². The summed E-state index contributed by atoms with van der Waals surface area (Å²) in [4.78, 5) is 11.5. The molecule has 0 amide bonds. The van der Waals surface area contributed by atoms with Gasteiger partial charge in [0.15, 0.2) is 5.78 Å². The Labute approximate surface area is 90.2 Å². The lowest BCUT2D eigenvalue weighted by molar-refractivity contribution is 0.0988. The van der Waals surface area contributed by atoms with Crippen LogP contribution in [0.2, 0.25) is 0 Å². The van der Waals surface area contributed by atoms with Crippen LogP contribution in [0.5, 0.6) is 5.75 Å². The predicted octanol–water partition coefficient (Wildman–Crippen LogP) is 2.65. The lowest BCUT2D eigenvalue weighted by Gasteiger charge is -2.08. The standard InChI is InChI=1S/C12H17NO2/c1-3-7-15-9-5-6-11(13)10(8-9)12(14)4-2/h5-6,8H,3-4,7,13H2,1-2H3. The van der Waals surface area contributed by atoms with Crippen LogP contribution >= 0.6 is 0 Å². The minimum Gasteiger partial charge on any atom is -0.494 e. The van der Waals surface area contributed by atoms with Crippen LogP contribution in [0.1, 0.15) is 37.0 Å². The summed E-state index contributed by atoms with van der Waals surface area (Å²) in [7, 11) is 0. The van der Waals surface area contributed by atoms with Crippen molar-refractivity contribution in [2.75, 3.05) is 12.3 Å². The van der Waals surface area contributed by atoms with Crippen molar-refractivity contribution in [3.63, 3.8) is 0 Å². The highest BCUT2D eigenvalue weighted by atomic mass is 16.5. The van der Waals surface area contributed by atoms with Crippen molar-refractivity contribution in [3.05, 3.63) is 23.8 Å². The number of carbonyl (C=O) groups is 1. The Morgan fingerprint density at radius 3 is 2.73 bits per heavy atom. The smallest absolute Gasteiger partial charge is 0.164 e. The van der Waals surface area contributed by atoms with E-state index in [-0.39, 0.29) is 5.78 Å². The zero-order valence-corrected chi connectivity index (χ0v) is 9.25. The van der Waals surface area contributed by atoms with Gasteiger partial charge in [-0.2, -0.15) is 0 Å². The number of Topliss-reactive ketones (excluding diaryl/α,β-unsaturated/α-hetero) is 1. The van der Waals surface area contributed by atoms with Gasteiger partial charge in [0.05, 0.1) is 6.61 Å². The van der Waals surface area contributed by atoms with E-state index in [2.05, 4.69) is 0 Å². The quantitative estimate of drug-likeness (QED) is 0.596. The van der Waals surface area contributed by atoms with Gasteiger partial charge in [-0.3, -0.25) is 4.79 Å². The van der Waals surface area contributed by atoms with E-state index in [0.29, 0.717) is 30.0 Å². The molecule has 1 aromatic carbocycles. The Bertz CT molecular complexity index is 347. The number of ether oxygens (including phenoxy) is 1. The Morgan fingerprint density at radius 2 is 2.13 bits per heavy atom. The molecule has 3 heteroatoms. The van der Waals surface area contributed by atoms with E-state index < -0.39 is 0 Å². The van der Waals surface area contributed by atoms with Crippen molar-refractivity contribution >= 4 is 11.5 Å². The van der Waals surface area contributed by atoms with Gasteiger partial charge in [0.1, 0.15) is 5.75 Å². The number of hydrogen-bond donors (Lipinski definition) is 1. The third kappa shape index (κ3) is 2.98. The van der Waals surface area contributed by atoms with Crippen molar-refractivity contribution in [3.8, 4) is 5.75 Å². The van der Waals surface area contributed by atoms with Gasteiger partial charge in [0.25, 0.3) is 0 Å². The molecule has 0 fully saturated rings. The molecule has 15 heavy (non-hydrogen) atoms. The Balaban J connectivity index is 2.89. The summed E-state index contributed by atoms with van der Waals surface area (Å²) in [6, 6.07) is 5.22. The van der Waals surface area contributed by atoms with E-state index in [1.54, 1.807) is 18.2 Å². The maximum atomic E-state index is 11.5. The Morgan fingerprint density at radius 1 is 1.40 bits per heavy atom. The molecule has 0 radical (unpaired) electrons. The van der Waals surface area contributed by atoms with Gasteiger partial charge < -0.3 is 10.5 Å². The molecule has 2 N–H and O–H groups in total. The number of hydrogen-bond acceptors (Lipinski definition) is 3. The van der Waals surface area contributed by atoms with Crippen molar-refractivity contribution in [2.45, 2.75) is 26.7 Å². The monoisotopic (exact) mass is 207 g/mol. The molecule has 0 atom stereocenters. The summed E-state index contributed by atoms with van der Waals surface area (Å²) >= 11 is 0. The number of nitrogen functional groups attached to an aromatic ring is 1. The average molecular weight is 207 g/mol. The highest BCUT2D eigenvalue weighted by Gasteiger charge is 2.08. The van der Waals surface area contributed by atoms with Crippen molar-refractivity contribution in [1.29, 1.82) is 0 Å². The summed E-state index contributed by atoms with van der Waals surface area (Å²) in [5, 5.41) is 0. The molecule has 1 aromatic rings. The second kappa shape index (κ2) is 5.39. The van der Waals surface area contributed by atoms with Gasteiger partial charge in [-0.1, -0.05) is 13.8 Å². The molecule has 0 aliphatic rings. The van der Waals surface area contributed by atoms with Gasteiger partial charge in [-0.05, 0) is 24.6 Å². The Kier molecular flexibility index (Phi) is 4.16. The highest BCUT2D eigenvalue weighted by Crippen LogP contribution is 2.21. The fourth-order valence-corrected chi connectivity index (χ4v) is 1.28. The molecule has 0 saturated carbocycles. The van der Waals surface area contributed by atoms with E-state index >= 15 is 0 Å². The van der Waals surface area contributed by atoms with E-state index in [1.165, 1.54) is 0 Å². The number of ketones is 1. The molecule has 1 rings (SSSR count). The number of anilines is 1. The molecular weight excluding hydrogens is 190 g/mol. The molecule has 0 aromatic heterocycles. The minimum absolute atomic E-state index is 0.0504. The van der Waals surface area contributed by atoms with Crippen LogP contribution in [0, 0.1) is 0 Å². The molecule has 0 heterocycles. The number of benzene rings is 1. The second-order valence-corrected chi connectivity index (χ2v) is 3.37. The minimum atomic E-state index is 0.0504. The third-order valence-electron chi connectivity index (χ3n) is 2.12. The van der Waals surface area contributed by atoms with Crippen molar-refractivity contribution in [2.24, 2.45) is 0 Å². The Hall–Kier alpha value is -1.51. The van der Waals surface area contributed by atoms with Gasteiger partial charge in [0, 0.05) is 17.7 Å². The van der Waals surface area contributed by atoms with Gasteiger partial charge >= 0.3 is 0 Å². The van der Waals surface area contributed by atoms with Crippen LogP contribution in [0.3, 0.4) is 0 Å². The average Bonchev–Trinajstić information content (AvgIpc) is 2.27. The van der Waals surface area contributed by atoms with Crippen LogP contribution in [0.25, 0.3) is 0 Å². The molecule has 0 spiro atoms. The van der Waals surface area contributed by atoms with Crippen LogP contribution in [0.15, 0.2) is 18.2 Å². The van der Waals surface area contributed by atoms with E-state index in [0.717, 1.165) is 6.42 Å². The molecule has 82 valence electrons. The molecule has 3 nitrogen and oxygen atoms in total. The van der Waals surface area contributed by atoms with Crippen LogP contribution in [0.4, 0.5) is 5.69 Å². The van der Waals surface area contributed by atoms with Gasteiger partial charge in [0.2, 0.25) is 0 Å². The topological polar surface area (TPSA) is 52.3 Å². The maximum absolute atomic E-state index is 11.5. The summed E-state index contributed by atoms with van der Waals surface area (Å²) in [6.07, 6.45) is 1.41. The maximum Gasteiger partial charge on any atom is 0.164 e. The second-order valence-electron chi connectivity index (χ2n) is 3.37. The summed E-state index contributed by atoms with van der Waals surface area (Å²) in [5.74, 6) is 0.761. The first-order chi connectivity index (χ1) is 7.19. The SMILES string of the molecule is CCCOc1ccc(N)c(C(=O)CC)c1. The molecule has 0 bridgehead atoms. The van der Waals surface area contributed by atoms with Gasteiger partial charge in [-0.25, -0.2) is 0 Å². The van der Waals surface area contributed by atoms with Crippen LogP contribution < -0.4 is 10.5 Å². The lowest BCUT2D eigenvalue weighted by atomic mass is 10.1. The molecule has 0 saturated heterocycles. The highest BCUT2D eigenvalue weighted by molar-refractivity contribution is 6.00. The van der Waals surface area contributed by atoms with Crippen molar-refractivity contribution in [1.82, 2.24) is 0 Å². The predicted molar refractivity (Wildman–Crippen MR) is 61.3 cm³/mol. The molecule has 0 aliphatic heterocycles. The van der Waals surface area contributed by atoms with E-state index in [9.17, 15) is 4.79 Å². The third-order valence-corrected chi connectivity index (χ3v) is 2.12. The lowest BCUT2D eigenvalue weighted by Crippen LogP contribution is -2.03. The molecule has 0 unspecified atom stereocenters. The van der Waals surface area contributed by atoms with E-state index in [4.69, 9.17) is 10.5 Å². The first-order valence-corrected chi connectivity index (χ1v) is 5.24. The fraction of sp³-hybridized carbons (Fsp3) is 0.417. The zero-order chi connectivity index (χ0) is 11.3. The summed E-state index contributed by atoms with van der Waals surface area (Å²) in [6.45, 7) is 4.51. The van der Waals surface area contributed by atoms with E-state index in [1.807, 2.05) is 13.8 Å². The normalized spacial score (nSPS) is 10.0. The molecular formula is C12H17NO2. The summed E-state index contributed by atoms with van der Waals surface area (Å²) in [5.41, 5.74) is 6.80.